The van der Waals surface area contributed by atoms with E-state index in [4.69, 9.17) is 0 Å². The lowest BCUT2D eigenvalue weighted by Gasteiger charge is -2.32. The summed E-state index contributed by atoms with van der Waals surface area (Å²) in [6, 6.07) is 7.63. The van der Waals surface area contributed by atoms with Crippen molar-refractivity contribution in [1.29, 1.82) is 0 Å². The van der Waals surface area contributed by atoms with Gasteiger partial charge < -0.3 is 15.1 Å². The summed E-state index contributed by atoms with van der Waals surface area (Å²) in [6.45, 7) is 3.98. The van der Waals surface area contributed by atoms with Crippen LogP contribution in [0.4, 0.5) is 5.69 Å². The van der Waals surface area contributed by atoms with Gasteiger partial charge in [-0.25, -0.2) is 0 Å². The van der Waals surface area contributed by atoms with Crippen molar-refractivity contribution in [1.82, 2.24) is 10.2 Å². The van der Waals surface area contributed by atoms with Crippen molar-refractivity contribution in [2.75, 3.05) is 38.6 Å². The van der Waals surface area contributed by atoms with Crippen molar-refractivity contribution >= 4 is 17.5 Å². The molecule has 126 valence electrons. The van der Waals surface area contributed by atoms with Crippen molar-refractivity contribution in [2.24, 2.45) is 5.92 Å². The number of nitrogens with one attached hydrogen (secondary N) is 1. The Kier molecular flexibility index (Phi) is 6.02. The molecule has 5 nitrogen and oxygen atoms in total. The number of amides is 2. The standard InChI is InChI=1S/C18H27N3O2/c1-4-10-19-17(22)15-8-6-11-21(13-15)18(23)14-7-5-9-16(12-14)20(2)3/h5,7,9,12,15H,4,6,8,10-11,13H2,1-3H3,(H,19,22). The molecule has 23 heavy (non-hydrogen) atoms. The van der Waals surface area contributed by atoms with E-state index < -0.39 is 0 Å². The zero-order valence-electron chi connectivity index (χ0n) is 14.3. The Morgan fingerprint density at radius 1 is 1.35 bits per heavy atom. The quantitative estimate of drug-likeness (QED) is 0.905. The van der Waals surface area contributed by atoms with Gasteiger partial charge in [-0.05, 0) is 37.5 Å². The highest BCUT2D eigenvalue weighted by Crippen LogP contribution is 2.21. The predicted molar refractivity (Wildman–Crippen MR) is 92.7 cm³/mol. The van der Waals surface area contributed by atoms with Gasteiger partial charge in [0.15, 0.2) is 0 Å². The highest BCUT2D eigenvalue weighted by molar-refractivity contribution is 5.95. The molecule has 2 amide bonds. The van der Waals surface area contributed by atoms with Crippen molar-refractivity contribution in [3.05, 3.63) is 29.8 Å². The van der Waals surface area contributed by atoms with Crippen LogP contribution in [0.5, 0.6) is 0 Å². The molecule has 0 saturated carbocycles. The third kappa shape index (κ3) is 4.47. The Labute approximate surface area is 138 Å². The first-order valence-electron chi connectivity index (χ1n) is 8.37. The molecule has 5 heteroatoms. The smallest absolute Gasteiger partial charge is 0.253 e. The van der Waals surface area contributed by atoms with Crippen molar-refractivity contribution < 1.29 is 9.59 Å². The van der Waals surface area contributed by atoms with E-state index in [9.17, 15) is 9.59 Å². The fraction of sp³-hybridized carbons (Fsp3) is 0.556. The second-order valence-electron chi connectivity index (χ2n) is 6.33. The number of nitrogens with zero attached hydrogens (tertiary/aromatic N) is 2. The van der Waals surface area contributed by atoms with E-state index in [1.807, 2.05) is 55.1 Å². The van der Waals surface area contributed by atoms with E-state index in [0.717, 1.165) is 31.5 Å². The SMILES string of the molecule is CCCNC(=O)C1CCCN(C(=O)c2cccc(N(C)C)c2)C1. The molecule has 1 heterocycles. The molecule has 0 bridgehead atoms. The molecule has 1 aliphatic rings. The number of anilines is 1. The fourth-order valence-electron chi connectivity index (χ4n) is 2.87. The highest BCUT2D eigenvalue weighted by atomic mass is 16.2. The van der Waals surface area contributed by atoms with Crippen LogP contribution in [0, 0.1) is 5.92 Å². The summed E-state index contributed by atoms with van der Waals surface area (Å²) in [5.41, 5.74) is 1.69. The summed E-state index contributed by atoms with van der Waals surface area (Å²) >= 11 is 0. The van der Waals surface area contributed by atoms with Gasteiger partial charge in [-0.1, -0.05) is 13.0 Å². The van der Waals surface area contributed by atoms with Gasteiger partial charge in [0.2, 0.25) is 5.91 Å². The maximum absolute atomic E-state index is 12.7. The minimum absolute atomic E-state index is 0.0155. The third-order valence-corrected chi connectivity index (χ3v) is 4.24. The number of hydrogen-bond donors (Lipinski definition) is 1. The topological polar surface area (TPSA) is 52.7 Å². The lowest BCUT2D eigenvalue weighted by molar-refractivity contribution is -0.126. The van der Waals surface area contributed by atoms with Crippen LogP contribution in [0.25, 0.3) is 0 Å². The molecule has 0 aliphatic carbocycles. The van der Waals surface area contributed by atoms with Crippen LogP contribution in [0.15, 0.2) is 24.3 Å². The van der Waals surface area contributed by atoms with Crippen LogP contribution in [-0.4, -0.2) is 50.4 Å². The number of benzene rings is 1. The molecule has 0 aromatic heterocycles. The lowest BCUT2D eigenvalue weighted by atomic mass is 9.96. The molecule has 1 atom stereocenters. The van der Waals surface area contributed by atoms with Crippen molar-refractivity contribution in [3.8, 4) is 0 Å². The first-order chi connectivity index (χ1) is 11.0. The fourth-order valence-corrected chi connectivity index (χ4v) is 2.87. The molecule has 1 aromatic carbocycles. The summed E-state index contributed by atoms with van der Waals surface area (Å²) in [5, 5.41) is 2.94. The number of carbonyl (C=O) groups is 2. The zero-order valence-corrected chi connectivity index (χ0v) is 14.3. The summed E-state index contributed by atoms with van der Waals surface area (Å²) in [5.74, 6) is 0.00404. The maximum atomic E-state index is 12.7. The number of piperidine rings is 1. The molecular weight excluding hydrogens is 290 g/mol. The minimum Gasteiger partial charge on any atom is -0.378 e. The van der Waals surface area contributed by atoms with Gasteiger partial charge in [0, 0.05) is 45.0 Å². The lowest BCUT2D eigenvalue weighted by Crippen LogP contribution is -2.45. The third-order valence-electron chi connectivity index (χ3n) is 4.24. The summed E-state index contributed by atoms with van der Waals surface area (Å²) in [6.07, 6.45) is 2.67. The van der Waals surface area contributed by atoms with Crippen LogP contribution < -0.4 is 10.2 Å². The van der Waals surface area contributed by atoms with Crippen LogP contribution >= 0.6 is 0 Å². The van der Waals surface area contributed by atoms with E-state index in [0.29, 0.717) is 18.7 Å². The highest BCUT2D eigenvalue weighted by Gasteiger charge is 2.28. The van der Waals surface area contributed by atoms with Crippen LogP contribution in [0.3, 0.4) is 0 Å². The summed E-state index contributed by atoms with van der Waals surface area (Å²) < 4.78 is 0. The maximum Gasteiger partial charge on any atom is 0.253 e. The molecule has 1 fully saturated rings. The molecule has 0 radical (unpaired) electrons. The van der Waals surface area contributed by atoms with E-state index in [-0.39, 0.29) is 17.7 Å². The van der Waals surface area contributed by atoms with Gasteiger partial charge in [-0.2, -0.15) is 0 Å². The Bertz CT molecular complexity index is 557. The first kappa shape index (κ1) is 17.3. The van der Waals surface area contributed by atoms with Gasteiger partial charge in [0.1, 0.15) is 0 Å². The second kappa shape index (κ2) is 7.99. The Balaban J connectivity index is 2.04. The normalized spacial score (nSPS) is 17.7. The zero-order chi connectivity index (χ0) is 16.8. The molecule has 1 aliphatic heterocycles. The van der Waals surface area contributed by atoms with Crippen LogP contribution in [-0.2, 0) is 4.79 Å². The molecule has 0 spiro atoms. The molecule has 1 saturated heterocycles. The number of rotatable bonds is 5. The average Bonchev–Trinajstić information content (AvgIpc) is 2.59. The van der Waals surface area contributed by atoms with Crippen LogP contribution in [0.2, 0.25) is 0 Å². The van der Waals surface area contributed by atoms with Gasteiger partial charge >= 0.3 is 0 Å². The van der Waals surface area contributed by atoms with Crippen LogP contribution in [0.1, 0.15) is 36.5 Å². The largest absolute Gasteiger partial charge is 0.378 e. The van der Waals surface area contributed by atoms with E-state index in [2.05, 4.69) is 5.32 Å². The Hall–Kier alpha value is -2.04. The van der Waals surface area contributed by atoms with E-state index in [1.54, 1.807) is 0 Å². The monoisotopic (exact) mass is 317 g/mol. The Morgan fingerprint density at radius 3 is 2.83 bits per heavy atom. The average molecular weight is 317 g/mol. The molecular formula is C18H27N3O2. The number of hydrogen-bond acceptors (Lipinski definition) is 3. The molecule has 2 rings (SSSR count). The van der Waals surface area contributed by atoms with Gasteiger partial charge in [0.05, 0.1) is 5.92 Å². The van der Waals surface area contributed by atoms with Crippen molar-refractivity contribution in [3.63, 3.8) is 0 Å². The summed E-state index contributed by atoms with van der Waals surface area (Å²) in [4.78, 5) is 28.7. The summed E-state index contributed by atoms with van der Waals surface area (Å²) in [7, 11) is 3.91. The predicted octanol–water partition coefficient (Wildman–Crippen LogP) is 2.13. The molecule has 1 unspecified atom stereocenters. The van der Waals surface area contributed by atoms with E-state index >= 15 is 0 Å². The number of carbonyl (C=O) groups excluding carboxylic acids is 2. The van der Waals surface area contributed by atoms with E-state index in [1.165, 1.54) is 0 Å². The first-order valence-corrected chi connectivity index (χ1v) is 8.37. The minimum atomic E-state index is -0.0868. The van der Waals surface area contributed by atoms with Gasteiger partial charge in [-0.15, -0.1) is 0 Å². The van der Waals surface area contributed by atoms with Gasteiger partial charge in [-0.3, -0.25) is 9.59 Å². The molecule has 1 aromatic rings. The molecule has 1 N–H and O–H groups in total. The van der Waals surface area contributed by atoms with Gasteiger partial charge in [0.25, 0.3) is 5.91 Å². The Morgan fingerprint density at radius 2 is 2.13 bits per heavy atom. The second-order valence-corrected chi connectivity index (χ2v) is 6.33. The number of likely N-dealkylation sites (tertiary alicyclic amines) is 1. The van der Waals surface area contributed by atoms with Crippen molar-refractivity contribution in [2.45, 2.75) is 26.2 Å².